The van der Waals surface area contributed by atoms with Crippen molar-refractivity contribution in [3.8, 4) is 0 Å². The van der Waals surface area contributed by atoms with E-state index in [0.717, 1.165) is 12.8 Å². The molecule has 1 saturated carbocycles. The standard InChI is InChI=1S/C12H17NO4/c14-8-7-13(9-3-1-2-4-9)11-6-5-10(17-11)12(15)16/h5-6,9,14H,1-4,7-8H2,(H,15,16). The van der Waals surface area contributed by atoms with Crippen LogP contribution in [0.15, 0.2) is 16.5 Å². The van der Waals surface area contributed by atoms with Gasteiger partial charge in [0.25, 0.3) is 0 Å². The molecule has 5 nitrogen and oxygen atoms in total. The van der Waals surface area contributed by atoms with Gasteiger partial charge in [-0.1, -0.05) is 12.8 Å². The summed E-state index contributed by atoms with van der Waals surface area (Å²) in [6, 6.07) is 3.48. The van der Waals surface area contributed by atoms with E-state index in [1.54, 1.807) is 6.07 Å². The number of carboxylic acids is 1. The minimum absolute atomic E-state index is 0.0413. The molecule has 1 aromatic heterocycles. The van der Waals surface area contributed by atoms with Gasteiger partial charge in [-0.25, -0.2) is 4.79 Å². The number of aliphatic hydroxyl groups is 1. The first kappa shape index (κ1) is 12.0. The number of aliphatic hydroxyl groups excluding tert-OH is 1. The van der Waals surface area contributed by atoms with Crippen molar-refractivity contribution in [2.24, 2.45) is 0 Å². The molecule has 2 rings (SSSR count). The summed E-state index contributed by atoms with van der Waals surface area (Å²) in [6.45, 7) is 0.525. The number of hydrogen-bond acceptors (Lipinski definition) is 4. The lowest BCUT2D eigenvalue weighted by atomic mass is 10.2. The van der Waals surface area contributed by atoms with Crippen LogP contribution in [0.1, 0.15) is 36.2 Å². The second kappa shape index (κ2) is 5.23. The molecule has 0 atom stereocenters. The van der Waals surface area contributed by atoms with Crippen molar-refractivity contribution >= 4 is 11.9 Å². The van der Waals surface area contributed by atoms with Gasteiger partial charge >= 0.3 is 5.97 Å². The van der Waals surface area contributed by atoms with Crippen LogP contribution in [-0.4, -0.2) is 35.4 Å². The summed E-state index contributed by atoms with van der Waals surface area (Å²) < 4.78 is 5.29. The van der Waals surface area contributed by atoms with Gasteiger partial charge in [0.2, 0.25) is 5.76 Å². The van der Waals surface area contributed by atoms with Crippen molar-refractivity contribution in [2.45, 2.75) is 31.7 Å². The maximum absolute atomic E-state index is 10.8. The third-order valence-corrected chi connectivity index (χ3v) is 3.19. The summed E-state index contributed by atoms with van der Waals surface area (Å²) in [5, 5.41) is 17.9. The van der Waals surface area contributed by atoms with Gasteiger partial charge in [-0.3, -0.25) is 0 Å². The second-order valence-electron chi connectivity index (χ2n) is 4.30. The molecule has 0 bridgehead atoms. The van der Waals surface area contributed by atoms with Crippen LogP contribution in [0.5, 0.6) is 0 Å². The first-order valence-electron chi connectivity index (χ1n) is 5.93. The van der Waals surface area contributed by atoms with E-state index in [0.29, 0.717) is 18.5 Å². The summed E-state index contributed by atoms with van der Waals surface area (Å²) in [6.07, 6.45) is 4.50. The lowest BCUT2D eigenvalue weighted by Gasteiger charge is -2.27. The van der Waals surface area contributed by atoms with E-state index in [4.69, 9.17) is 14.6 Å². The van der Waals surface area contributed by atoms with Crippen molar-refractivity contribution in [2.75, 3.05) is 18.1 Å². The molecule has 94 valence electrons. The van der Waals surface area contributed by atoms with E-state index in [1.165, 1.54) is 18.9 Å². The fourth-order valence-corrected chi connectivity index (χ4v) is 2.39. The highest BCUT2D eigenvalue weighted by molar-refractivity contribution is 5.84. The van der Waals surface area contributed by atoms with E-state index >= 15 is 0 Å². The Morgan fingerprint density at radius 2 is 2.12 bits per heavy atom. The van der Waals surface area contributed by atoms with Crippen LogP contribution in [0.3, 0.4) is 0 Å². The monoisotopic (exact) mass is 239 g/mol. The molecule has 17 heavy (non-hydrogen) atoms. The molecule has 0 saturated heterocycles. The van der Waals surface area contributed by atoms with Gasteiger partial charge in [-0.05, 0) is 18.9 Å². The molecule has 1 aliphatic rings. The van der Waals surface area contributed by atoms with E-state index in [1.807, 2.05) is 4.90 Å². The SMILES string of the molecule is O=C(O)c1ccc(N(CCO)C2CCCC2)o1. The van der Waals surface area contributed by atoms with E-state index < -0.39 is 5.97 Å². The van der Waals surface area contributed by atoms with Gasteiger partial charge in [-0.15, -0.1) is 0 Å². The number of nitrogens with zero attached hydrogens (tertiary/aromatic N) is 1. The summed E-state index contributed by atoms with van der Waals surface area (Å²) >= 11 is 0. The van der Waals surface area contributed by atoms with Crippen LogP contribution in [-0.2, 0) is 0 Å². The Morgan fingerprint density at radius 1 is 1.41 bits per heavy atom. The van der Waals surface area contributed by atoms with Crippen molar-refractivity contribution in [1.29, 1.82) is 0 Å². The molecule has 0 radical (unpaired) electrons. The molecular formula is C12H17NO4. The van der Waals surface area contributed by atoms with Crippen LogP contribution in [0, 0.1) is 0 Å². The highest BCUT2D eigenvalue weighted by Gasteiger charge is 2.25. The zero-order valence-corrected chi connectivity index (χ0v) is 9.63. The summed E-state index contributed by atoms with van der Waals surface area (Å²) in [4.78, 5) is 12.7. The van der Waals surface area contributed by atoms with Gasteiger partial charge in [0.15, 0.2) is 5.88 Å². The quantitative estimate of drug-likeness (QED) is 0.818. The summed E-state index contributed by atoms with van der Waals surface area (Å²) in [5.74, 6) is -0.573. The molecule has 0 amide bonds. The second-order valence-corrected chi connectivity index (χ2v) is 4.30. The maximum atomic E-state index is 10.8. The average molecular weight is 239 g/mol. The van der Waals surface area contributed by atoms with E-state index in [9.17, 15) is 4.79 Å². The Balaban J connectivity index is 2.15. The molecule has 2 N–H and O–H groups in total. The number of anilines is 1. The number of carbonyl (C=O) groups is 1. The summed E-state index contributed by atoms with van der Waals surface area (Å²) in [5.41, 5.74) is 0. The molecular weight excluding hydrogens is 222 g/mol. The summed E-state index contributed by atoms with van der Waals surface area (Å²) in [7, 11) is 0. The number of hydrogen-bond donors (Lipinski definition) is 2. The first-order chi connectivity index (χ1) is 8.22. The van der Waals surface area contributed by atoms with Crippen LogP contribution in [0.4, 0.5) is 5.88 Å². The van der Waals surface area contributed by atoms with E-state index in [-0.39, 0.29) is 12.4 Å². The van der Waals surface area contributed by atoms with Gasteiger partial charge in [0, 0.05) is 18.7 Å². The van der Waals surface area contributed by atoms with Crippen LogP contribution in [0.25, 0.3) is 0 Å². The molecule has 0 aliphatic heterocycles. The zero-order chi connectivity index (χ0) is 12.3. The van der Waals surface area contributed by atoms with E-state index in [2.05, 4.69) is 0 Å². The van der Waals surface area contributed by atoms with Crippen LogP contribution >= 0.6 is 0 Å². The predicted molar refractivity (Wildman–Crippen MR) is 62.4 cm³/mol. The molecule has 0 spiro atoms. The first-order valence-corrected chi connectivity index (χ1v) is 5.93. The van der Waals surface area contributed by atoms with Crippen molar-refractivity contribution < 1.29 is 19.4 Å². The number of carboxylic acid groups (broad SMARTS) is 1. The Bertz CT molecular complexity index is 382. The Hall–Kier alpha value is -1.49. The fourth-order valence-electron chi connectivity index (χ4n) is 2.39. The molecule has 0 unspecified atom stereocenters. The highest BCUT2D eigenvalue weighted by Crippen LogP contribution is 2.29. The smallest absolute Gasteiger partial charge is 0.371 e. The van der Waals surface area contributed by atoms with Crippen LogP contribution < -0.4 is 4.90 Å². The minimum Gasteiger partial charge on any atom is -0.475 e. The third kappa shape index (κ3) is 2.61. The van der Waals surface area contributed by atoms with Gasteiger partial charge in [-0.2, -0.15) is 0 Å². The Morgan fingerprint density at radius 3 is 2.65 bits per heavy atom. The number of rotatable bonds is 5. The molecule has 0 aromatic carbocycles. The number of furan rings is 1. The Kier molecular flexibility index (Phi) is 3.68. The molecule has 1 fully saturated rings. The van der Waals surface area contributed by atoms with Crippen LogP contribution in [0.2, 0.25) is 0 Å². The topological polar surface area (TPSA) is 73.9 Å². The fraction of sp³-hybridized carbons (Fsp3) is 0.583. The third-order valence-electron chi connectivity index (χ3n) is 3.19. The largest absolute Gasteiger partial charge is 0.475 e. The molecule has 1 heterocycles. The lowest BCUT2D eigenvalue weighted by Crippen LogP contribution is -2.35. The van der Waals surface area contributed by atoms with Crippen molar-refractivity contribution in [1.82, 2.24) is 0 Å². The van der Waals surface area contributed by atoms with Crippen molar-refractivity contribution in [3.63, 3.8) is 0 Å². The Labute approximate surface area is 99.6 Å². The highest BCUT2D eigenvalue weighted by atomic mass is 16.4. The molecule has 5 heteroatoms. The predicted octanol–water partition coefficient (Wildman–Crippen LogP) is 1.72. The van der Waals surface area contributed by atoms with Gasteiger partial charge < -0.3 is 19.5 Å². The van der Waals surface area contributed by atoms with Gasteiger partial charge in [0.05, 0.1) is 6.61 Å². The van der Waals surface area contributed by atoms with Gasteiger partial charge in [0.1, 0.15) is 0 Å². The minimum atomic E-state index is -1.06. The maximum Gasteiger partial charge on any atom is 0.371 e. The van der Waals surface area contributed by atoms with Crippen molar-refractivity contribution in [3.05, 3.63) is 17.9 Å². The molecule has 1 aliphatic carbocycles. The average Bonchev–Trinajstić information content (AvgIpc) is 2.97. The number of aromatic carboxylic acids is 1. The molecule has 1 aromatic rings. The normalized spacial score (nSPS) is 16.3. The zero-order valence-electron chi connectivity index (χ0n) is 9.63. The lowest BCUT2D eigenvalue weighted by molar-refractivity contribution is 0.0663.